The van der Waals surface area contributed by atoms with Gasteiger partial charge in [-0.2, -0.15) is 0 Å². The summed E-state index contributed by atoms with van der Waals surface area (Å²) >= 11 is 0. The Bertz CT molecular complexity index is 901. The summed E-state index contributed by atoms with van der Waals surface area (Å²) in [6.07, 6.45) is -4.98. The van der Waals surface area contributed by atoms with Crippen molar-refractivity contribution in [2.24, 2.45) is 5.11 Å². The predicted octanol–water partition coefficient (Wildman–Crippen LogP) is 2.85. The third-order valence-corrected chi connectivity index (χ3v) is 4.47. The molecule has 1 fully saturated rings. The highest BCUT2D eigenvalue weighted by Gasteiger charge is 2.48. The van der Waals surface area contributed by atoms with E-state index in [1.54, 1.807) is 55.5 Å². The lowest BCUT2D eigenvalue weighted by Gasteiger charge is -2.41. The number of esters is 2. The minimum Gasteiger partial charge on any atom is -0.454 e. The highest BCUT2D eigenvalue weighted by molar-refractivity contribution is 5.90. The molecule has 0 bridgehead atoms. The maximum Gasteiger partial charge on any atom is 0.338 e. The molecule has 2 unspecified atom stereocenters. The lowest BCUT2D eigenvalue weighted by Crippen LogP contribution is -2.58. The number of aliphatic hydroxyl groups is 1. The van der Waals surface area contributed by atoms with E-state index in [1.165, 1.54) is 12.1 Å². The van der Waals surface area contributed by atoms with Crippen LogP contribution in [0, 0.1) is 0 Å². The fraction of sp³-hybridized carbons (Fsp3) is 0.300. The number of carbonyl (C=O) groups is 2. The molecule has 0 saturated carbocycles. The molecule has 1 heterocycles. The number of rotatable bonds is 5. The Morgan fingerprint density at radius 3 is 1.93 bits per heavy atom. The summed E-state index contributed by atoms with van der Waals surface area (Å²) in [5, 5.41) is 14.0. The van der Waals surface area contributed by atoms with E-state index in [0.29, 0.717) is 0 Å². The number of carbonyl (C=O) groups excluding carboxylic acids is 2. The van der Waals surface area contributed by atoms with Crippen LogP contribution in [0.3, 0.4) is 0 Å². The smallest absolute Gasteiger partial charge is 0.338 e. The molecule has 29 heavy (non-hydrogen) atoms. The Morgan fingerprint density at radius 2 is 1.45 bits per heavy atom. The minimum atomic E-state index is -1.57. The first-order chi connectivity index (χ1) is 14.0. The van der Waals surface area contributed by atoms with E-state index in [2.05, 4.69) is 10.0 Å². The van der Waals surface area contributed by atoms with Crippen molar-refractivity contribution in [3.05, 3.63) is 82.2 Å². The first kappa shape index (κ1) is 20.3. The standard InChI is InChI=1S/C20H19N3O6/c1-12-15(22-23-21)16(28-18(24)13-8-4-2-5-9-13)17(20(26)27-12)29-19(25)14-10-6-3-7-11-14/h2-12,15-17,20,26H,1H3/t12?,15-,16?,17-,20+/m1/s1. The second kappa shape index (κ2) is 9.20. The van der Waals surface area contributed by atoms with E-state index >= 15 is 0 Å². The van der Waals surface area contributed by atoms with E-state index in [0.717, 1.165) is 0 Å². The molecular weight excluding hydrogens is 378 g/mol. The number of ether oxygens (including phenoxy) is 3. The molecule has 150 valence electrons. The molecule has 1 aliphatic heterocycles. The molecule has 2 aromatic rings. The molecule has 1 saturated heterocycles. The zero-order valence-electron chi connectivity index (χ0n) is 15.5. The van der Waals surface area contributed by atoms with Gasteiger partial charge in [0.1, 0.15) is 6.04 Å². The Kier molecular flexibility index (Phi) is 6.46. The van der Waals surface area contributed by atoms with Crippen molar-refractivity contribution in [1.82, 2.24) is 0 Å². The summed E-state index contributed by atoms with van der Waals surface area (Å²) in [5.41, 5.74) is 9.41. The zero-order chi connectivity index (χ0) is 20.8. The van der Waals surface area contributed by atoms with Gasteiger partial charge in [0.15, 0.2) is 18.5 Å². The second-order valence-electron chi connectivity index (χ2n) is 6.40. The summed E-state index contributed by atoms with van der Waals surface area (Å²) in [7, 11) is 0. The molecule has 0 aromatic heterocycles. The van der Waals surface area contributed by atoms with Crippen molar-refractivity contribution >= 4 is 11.9 Å². The Labute approximate surface area is 166 Å². The highest BCUT2D eigenvalue weighted by atomic mass is 16.7. The Morgan fingerprint density at radius 1 is 0.966 bits per heavy atom. The van der Waals surface area contributed by atoms with Crippen LogP contribution in [0.2, 0.25) is 0 Å². The van der Waals surface area contributed by atoms with Gasteiger partial charge in [-0.05, 0) is 36.7 Å². The topological polar surface area (TPSA) is 131 Å². The molecule has 0 spiro atoms. The molecule has 0 radical (unpaired) electrons. The number of nitrogens with zero attached hydrogens (tertiary/aromatic N) is 3. The first-order valence-corrected chi connectivity index (χ1v) is 8.91. The summed E-state index contributed by atoms with van der Waals surface area (Å²) in [4.78, 5) is 27.8. The largest absolute Gasteiger partial charge is 0.454 e. The third kappa shape index (κ3) is 4.72. The van der Waals surface area contributed by atoms with Crippen molar-refractivity contribution in [3.8, 4) is 0 Å². The van der Waals surface area contributed by atoms with Gasteiger partial charge >= 0.3 is 11.9 Å². The number of benzene rings is 2. The molecular formula is C20H19N3O6. The van der Waals surface area contributed by atoms with E-state index in [4.69, 9.17) is 19.7 Å². The van der Waals surface area contributed by atoms with Crippen molar-refractivity contribution in [2.75, 3.05) is 0 Å². The van der Waals surface area contributed by atoms with Gasteiger partial charge in [0.25, 0.3) is 0 Å². The van der Waals surface area contributed by atoms with Crippen LogP contribution in [0.25, 0.3) is 10.4 Å². The fourth-order valence-electron chi connectivity index (χ4n) is 3.01. The lowest BCUT2D eigenvalue weighted by atomic mass is 9.97. The van der Waals surface area contributed by atoms with Gasteiger partial charge in [-0.3, -0.25) is 0 Å². The number of hydrogen-bond acceptors (Lipinski definition) is 7. The normalized spacial score (nSPS) is 26.1. The van der Waals surface area contributed by atoms with Crippen molar-refractivity contribution in [2.45, 2.75) is 37.6 Å². The molecule has 9 heteroatoms. The number of azide groups is 1. The number of aliphatic hydroxyl groups excluding tert-OH is 1. The Hall–Kier alpha value is -3.39. The maximum absolute atomic E-state index is 12.6. The van der Waals surface area contributed by atoms with Crippen LogP contribution in [-0.4, -0.2) is 47.7 Å². The van der Waals surface area contributed by atoms with Crippen LogP contribution >= 0.6 is 0 Å². The molecule has 5 atom stereocenters. The van der Waals surface area contributed by atoms with Gasteiger partial charge in [0.2, 0.25) is 0 Å². The fourth-order valence-corrected chi connectivity index (χ4v) is 3.01. The van der Waals surface area contributed by atoms with Crippen LogP contribution in [0.4, 0.5) is 0 Å². The highest BCUT2D eigenvalue weighted by Crippen LogP contribution is 2.28. The third-order valence-electron chi connectivity index (χ3n) is 4.47. The predicted molar refractivity (Wildman–Crippen MR) is 101 cm³/mol. The van der Waals surface area contributed by atoms with Crippen LogP contribution in [0.1, 0.15) is 27.6 Å². The first-order valence-electron chi connectivity index (χ1n) is 8.91. The molecule has 0 amide bonds. The summed E-state index contributed by atoms with van der Waals surface area (Å²) < 4.78 is 16.2. The molecule has 0 aliphatic carbocycles. The van der Waals surface area contributed by atoms with Gasteiger partial charge in [0.05, 0.1) is 17.2 Å². The molecule has 1 aliphatic rings. The SMILES string of the molecule is CC1O[C@H](O)[C@H](OC(=O)c2ccccc2)C(OC(=O)c2ccccc2)[C@@H]1N=[N+]=[N-]. The second-order valence-corrected chi connectivity index (χ2v) is 6.40. The van der Waals surface area contributed by atoms with Gasteiger partial charge in [-0.1, -0.05) is 41.5 Å². The molecule has 3 rings (SSSR count). The van der Waals surface area contributed by atoms with Crippen molar-refractivity contribution < 1.29 is 28.9 Å². The average Bonchev–Trinajstić information content (AvgIpc) is 2.74. The van der Waals surface area contributed by atoms with Crippen LogP contribution in [0.5, 0.6) is 0 Å². The monoisotopic (exact) mass is 397 g/mol. The van der Waals surface area contributed by atoms with Gasteiger partial charge in [-0.25, -0.2) is 9.59 Å². The quantitative estimate of drug-likeness (QED) is 0.357. The summed E-state index contributed by atoms with van der Waals surface area (Å²) in [5.74, 6) is -1.45. The molecule has 9 nitrogen and oxygen atoms in total. The maximum atomic E-state index is 12.6. The van der Waals surface area contributed by atoms with E-state index in [9.17, 15) is 14.7 Å². The summed E-state index contributed by atoms with van der Waals surface area (Å²) in [6.45, 7) is 1.56. The molecule has 1 N–H and O–H groups in total. The zero-order valence-corrected chi connectivity index (χ0v) is 15.5. The van der Waals surface area contributed by atoms with Crippen molar-refractivity contribution in [1.29, 1.82) is 0 Å². The van der Waals surface area contributed by atoms with Crippen LogP contribution in [-0.2, 0) is 14.2 Å². The van der Waals surface area contributed by atoms with Gasteiger partial charge in [0, 0.05) is 4.91 Å². The van der Waals surface area contributed by atoms with Gasteiger partial charge in [-0.15, -0.1) is 0 Å². The average molecular weight is 397 g/mol. The van der Waals surface area contributed by atoms with Crippen molar-refractivity contribution in [3.63, 3.8) is 0 Å². The van der Waals surface area contributed by atoms with E-state index in [1.807, 2.05) is 0 Å². The van der Waals surface area contributed by atoms with E-state index < -0.39 is 42.6 Å². The van der Waals surface area contributed by atoms with Gasteiger partial charge < -0.3 is 19.3 Å². The van der Waals surface area contributed by atoms with Crippen LogP contribution in [0.15, 0.2) is 65.8 Å². The number of hydrogen-bond donors (Lipinski definition) is 1. The Balaban J connectivity index is 1.88. The minimum absolute atomic E-state index is 0.242. The summed E-state index contributed by atoms with van der Waals surface area (Å²) in [6, 6.07) is 15.3. The van der Waals surface area contributed by atoms with Crippen LogP contribution < -0.4 is 0 Å². The van der Waals surface area contributed by atoms with E-state index in [-0.39, 0.29) is 11.1 Å². The molecule has 2 aromatic carbocycles. The lowest BCUT2D eigenvalue weighted by molar-refractivity contribution is -0.248.